The SMILES string of the molecule is O=C1NC2(CCNCC2)C[C@H]1c1ccccc1. The quantitative estimate of drug-likeness (QED) is 0.766. The Hall–Kier alpha value is -1.35. The highest BCUT2D eigenvalue weighted by molar-refractivity contribution is 5.87. The van der Waals surface area contributed by atoms with E-state index in [-0.39, 0.29) is 17.4 Å². The molecule has 17 heavy (non-hydrogen) atoms. The van der Waals surface area contributed by atoms with Crippen molar-refractivity contribution in [3.05, 3.63) is 35.9 Å². The second-order valence-electron chi connectivity index (χ2n) is 5.19. The Morgan fingerprint density at radius 1 is 1.12 bits per heavy atom. The Kier molecular flexibility index (Phi) is 2.63. The van der Waals surface area contributed by atoms with Crippen LogP contribution < -0.4 is 10.6 Å². The van der Waals surface area contributed by atoms with Crippen LogP contribution in [0.25, 0.3) is 0 Å². The maximum absolute atomic E-state index is 12.1. The van der Waals surface area contributed by atoms with Crippen LogP contribution >= 0.6 is 0 Å². The zero-order valence-electron chi connectivity index (χ0n) is 9.91. The number of hydrogen-bond donors (Lipinski definition) is 2. The highest BCUT2D eigenvalue weighted by atomic mass is 16.2. The number of carbonyl (C=O) groups excluding carboxylic acids is 1. The number of nitrogens with one attached hydrogen (secondary N) is 2. The molecule has 0 radical (unpaired) electrons. The van der Waals surface area contributed by atoms with Crippen LogP contribution in [0.5, 0.6) is 0 Å². The van der Waals surface area contributed by atoms with Crippen molar-refractivity contribution in [3.8, 4) is 0 Å². The lowest BCUT2D eigenvalue weighted by Crippen LogP contribution is -2.49. The van der Waals surface area contributed by atoms with Crippen molar-refractivity contribution in [1.82, 2.24) is 10.6 Å². The third kappa shape index (κ3) is 1.95. The van der Waals surface area contributed by atoms with Crippen LogP contribution in [0.1, 0.15) is 30.7 Å². The molecule has 0 aromatic heterocycles. The Balaban J connectivity index is 1.82. The molecule has 2 N–H and O–H groups in total. The minimum absolute atomic E-state index is 0.0503. The molecule has 2 saturated heterocycles. The molecule has 2 heterocycles. The van der Waals surface area contributed by atoms with Gasteiger partial charge in [-0.05, 0) is 37.9 Å². The van der Waals surface area contributed by atoms with E-state index in [1.807, 2.05) is 18.2 Å². The number of piperidine rings is 1. The van der Waals surface area contributed by atoms with E-state index in [2.05, 4.69) is 22.8 Å². The van der Waals surface area contributed by atoms with Crippen molar-refractivity contribution in [2.24, 2.45) is 0 Å². The molecule has 0 bridgehead atoms. The predicted molar refractivity (Wildman–Crippen MR) is 66.8 cm³/mol. The molecule has 1 aromatic carbocycles. The lowest BCUT2D eigenvalue weighted by atomic mass is 9.82. The minimum Gasteiger partial charge on any atom is -0.350 e. The second kappa shape index (κ2) is 4.15. The molecular weight excluding hydrogens is 212 g/mol. The number of amides is 1. The fourth-order valence-corrected chi connectivity index (χ4v) is 3.07. The lowest BCUT2D eigenvalue weighted by molar-refractivity contribution is -0.121. The molecule has 1 atom stereocenters. The van der Waals surface area contributed by atoms with Gasteiger partial charge in [0.2, 0.25) is 5.91 Å². The van der Waals surface area contributed by atoms with Gasteiger partial charge in [-0.2, -0.15) is 0 Å². The average molecular weight is 230 g/mol. The Morgan fingerprint density at radius 3 is 2.53 bits per heavy atom. The first kappa shape index (κ1) is 10.8. The average Bonchev–Trinajstić information content (AvgIpc) is 2.68. The molecule has 0 saturated carbocycles. The van der Waals surface area contributed by atoms with E-state index < -0.39 is 0 Å². The highest BCUT2D eigenvalue weighted by Gasteiger charge is 2.44. The Morgan fingerprint density at radius 2 is 1.82 bits per heavy atom. The van der Waals surface area contributed by atoms with Gasteiger partial charge in [0, 0.05) is 5.54 Å². The summed E-state index contributed by atoms with van der Waals surface area (Å²) in [5.74, 6) is 0.257. The third-order valence-electron chi connectivity index (χ3n) is 4.06. The third-order valence-corrected chi connectivity index (χ3v) is 4.06. The molecule has 1 spiro atoms. The number of benzene rings is 1. The van der Waals surface area contributed by atoms with Gasteiger partial charge >= 0.3 is 0 Å². The zero-order chi connectivity index (χ0) is 11.7. The van der Waals surface area contributed by atoms with Gasteiger partial charge in [-0.3, -0.25) is 4.79 Å². The van der Waals surface area contributed by atoms with E-state index in [1.165, 1.54) is 0 Å². The molecule has 2 aliphatic heterocycles. The summed E-state index contributed by atoms with van der Waals surface area (Å²) in [7, 11) is 0. The van der Waals surface area contributed by atoms with Crippen molar-refractivity contribution in [2.75, 3.05) is 13.1 Å². The molecule has 3 heteroatoms. The molecule has 1 amide bonds. The van der Waals surface area contributed by atoms with Gasteiger partial charge in [-0.15, -0.1) is 0 Å². The second-order valence-corrected chi connectivity index (χ2v) is 5.19. The molecular formula is C14H18N2O. The first-order valence-corrected chi connectivity index (χ1v) is 6.37. The molecule has 2 aliphatic rings. The van der Waals surface area contributed by atoms with E-state index in [1.54, 1.807) is 0 Å². The van der Waals surface area contributed by atoms with E-state index in [0.29, 0.717) is 0 Å². The smallest absolute Gasteiger partial charge is 0.228 e. The monoisotopic (exact) mass is 230 g/mol. The summed E-state index contributed by atoms with van der Waals surface area (Å²) in [4.78, 5) is 12.1. The van der Waals surface area contributed by atoms with Gasteiger partial charge in [0.05, 0.1) is 5.92 Å². The van der Waals surface area contributed by atoms with E-state index in [4.69, 9.17) is 0 Å². The van der Waals surface area contributed by atoms with Gasteiger partial charge in [0.1, 0.15) is 0 Å². The minimum atomic E-state index is 0.0503. The van der Waals surface area contributed by atoms with Crippen LogP contribution in [0.2, 0.25) is 0 Å². The van der Waals surface area contributed by atoms with E-state index >= 15 is 0 Å². The van der Waals surface area contributed by atoms with E-state index in [9.17, 15) is 4.79 Å². The molecule has 90 valence electrons. The normalized spacial score (nSPS) is 27.1. The van der Waals surface area contributed by atoms with Crippen LogP contribution in [-0.4, -0.2) is 24.5 Å². The summed E-state index contributed by atoms with van der Waals surface area (Å²) in [5.41, 5.74) is 1.21. The van der Waals surface area contributed by atoms with Crippen LogP contribution in [0.15, 0.2) is 30.3 Å². The van der Waals surface area contributed by atoms with Gasteiger partial charge in [0.25, 0.3) is 0 Å². The van der Waals surface area contributed by atoms with Gasteiger partial charge < -0.3 is 10.6 Å². The molecule has 3 rings (SSSR count). The molecule has 2 fully saturated rings. The summed E-state index contributed by atoms with van der Waals surface area (Å²) < 4.78 is 0. The highest BCUT2D eigenvalue weighted by Crippen LogP contribution is 2.37. The van der Waals surface area contributed by atoms with Gasteiger partial charge in [0.15, 0.2) is 0 Å². The summed E-state index contributed by atoms with van der Waals surface area (Å²) in [6.07, 6.45) is 3.07. The van der Waals surface area contributed by atoms with Crippen LogP contribution in [0.3, 0.4) is 0 Å². The van der Waals surface area contributed by atoms with Crippen molar-refractivity contribution in [2.45, 2.75) is 30.7 Å². The Bertz CT molecular complexity index is 409. The van der Waals surface area contributed by atoms with Crippen molar-refractivity contribution >= 4 is 5.91 Å². The molecule has 3 nitrogen and oxygen atoms in total. The number of carbonyl (C=O) groups is 1. The fourth-order valence-electron chi connectivity index (χ4n) is 3.07. The van der Waals surface area contributed by atoms with Crippen molar-refractivity contribution in [1.29, 1.82) is 0 Å². The molecule has 0 unspecified atom stereocenters. The molecule has 1 aromatic rings. The summed E-state index contributed by atoms with van der Waals surface area (Å²) in [6, 6.07) is 10.1. The van der Waals surface area contributed by atoms with Crippen molar-refractivity contribution in [3.63, 3.8) is 0 Å². The maximum atomic E-state index is 12.1. The van der Waals surface area contributed by atoms with Gasteiger partial charge in [-0.1, -0.05) is 30.3 Å². The van der Waals surface area contributed by atoms with E-state index in [0.717, 1.165) is 37.9 Å². The summed E-state index contributed by atoms with van der Waals surface area (Å²) in [6.45, 7) is 2.03. The van der Waals surface area contributed by atoms with Crippen LogP contribution in [-0.2, 0) is 4.79 Å². The number of rotatable bonds is 1. The van der Waals surface area contributed by atoms with Crippen LogP contribution in [0, 0.1) is 0 Å². The fraction of sp³-hybridized carbons (Fsp3) is 0.500. The first-order chi connectivity index (χ1) is 8.29. The standard InChI is InChI=1S/C14H18N2O/c17-13-12(11-4-2-1-3-5-11)10-14(16-13)6-8-15-9-7-14/h1-5,12,15H,6-10H2,(H,16,17)/t12-/m0/s1. The Labute approximate surface area is 102 Å². The van der Waals surface area contributed by atoms with Crippen molar-refractivity contribution < 1.29 is 4.79 Å². The summed E-state index contributed by atoms with van der Waals surface area (Å²) >= 11 is 0. The van der Waals surface area contributed by atoms with Crippen LogP contribution in [0.4, 0.5) is 0 Å². The zero-order valence-corrected chi connectivity index (χ0v) is 9.91. The number of hydrogen-bond acceptors (Lipinski definition) is 2. The maximum Gasteiger partial charge on any atom is 0.228 e. The largest absolute Gasteiger partial charge is 0.350 e. The lowest BCUT2D eigenvalue weighted by Gasteiger charge is -2.33. The van der Waals surface area contributed by atoms with Gasteiger partial charge in [-0.25, -0.2) is 0 Å². The predicted octanol–water partition coefficient (Wildman–Crippen LogP) is 1.41. The topological polar surface area (TPSA) is 41.1 Å². The first-order valence-electron chi connectivity index (χ1n) is 6.37. The summed E-state index contributed by atoms with van der Waals surface area (Å²) in [5, 5.41) is 6.59. The molecule has 0 aliphatic carbocycles.